The van der Waals surface area contributed by atoms with Gasteiger partial charge in [-0.3, -0.25) is 0 Å². The summed E-state index contributed by atoms with van der Waals surface area (Å²) in [4.78, 5) is 0. The van der Waals surface area contributed by atoms with E-state index < -0.39 is 22.8 Å². The molecule has 0 unspecified atom stereocenters. The van der Waals surface area contributed by atoms with E-state index in [1.54, 1.807) is 24.3 Å². The Morgan fingerprint density at radius 3 is 1.21 bits per heavy atom. The first-order chi connectivity index (χ1) is 11.5. The number of nitrogens with zero attached hydrogens (tertiary/aromatic N) is 4. The minimum atomic E-state index is -1.01. The summed E-state index contributed by atoms with van der Waals surface area (Å²) in [5, 5.41) is 35.6. The molecule has 4 nitrogen and oxygen atoms in total. The molecule has 0 aliphatic rings. The van der Waals surface area contributed by atoms with Crippen LogP contribution in [-0.2, 0) is 0 Å². The van der Waals surface area contributed by atoms with Gasteiger partial charge in [-0.25, -0.2) is 8.78 Å². The SMILES string of the molecule is CC.N#Cc1cc(C#N)c(F)c(-c2cc(C#N)cc(C#N)c2F)c1. The molecular weight excluding hydrogens is 310 g/mol. The van der Waals surface area contributed by atoms with E-state index in [0.717, 1.165) is 24.3 Å². The summed E-state index contributed by atoms with van der Waals surface area (Å²) in [5.41, 5.74) is -1.60. The van der Waals surface area contributed by atoms with Crippen LogP contribution < -0.4 is 0 Å². The lowest BCUT2D eigenvalue weighted by molar-refractivity contribution is 0.612. The maximum Gasteiger partial charge on any atom is 0.148 e. The molecule has 0 aliphatic carbocycles. The maximum atomic E-state index is 14.3. The van der Waals surface area contributed by atoms with Crippen LogP contribution in [0.1, 0.15) is 36.1 Å². The molecule has 24 heavy (non-hydrogen) atoms. The Labute approximate surface area is 138 Å². The van der Waals surface area contributed by atoms with Crippen LogP contribution in [0, 0.1) is 57.0 Å². The molecule has 0 radical (unpaired) electrons. The minimum absolute atomic E-state index is 0.0341. The van der Waals surface area contributed by atoms with E-state index in [1.807, 2.05) is 13.8 Å². The average Bonchev–Trinajstić information content (AvgIpc) is 2.64. The third-order valence-corrected chi connectivity index (χ3v) is 2.93. The van der Waals surface area contributed by atoms with Gasteiger partial charge in [0.05, 0.1) is 34.4 Å². The number of hydrogen-bond acceptors (Lipinski definition) is 4. The normalized spacial score (nSPS) is 8.67. The lowest BCUT2D eigenvalue weighted by Crippen LogP contribution is -1.97. The monoisotopic (exact) mass is 320 g/mol. The fourth-order valence-corrected chi connectivity index (χ4v) is 1.93. The largest absolute Gasteiger partial charge is 0.205 e. The summed E-state index contributed by atoms with van der Waals surface area (Å²) in [6.45, 7) is 4.00. The van der Waals surface area contributed by atoms with Crippen LogP contribution in [0.5, 0.6) is 0 Å². The zero-order valence-electron chi connectivity index (χ0n) is 12.9. The molecule has 116 valence electrons. The van der Waals surface area contributed by atoms with Crippen molar-refractivity contribution in [3.8, 4) is 35.4 Å². The number of hydrogen-bond donors (Lipinski definition) is 0. The van der Waals surface area contributed by atoms with Crippen molar-refractivity contribution < 1.29 is 8.78 Å². The van der Waals surface area contributed by atoms with Gasteiger partial charge in [0.2, 0.25) is 0 Å². The zero-order chi connectivity index (χ0) is 18.3. The summed E-state index contributed by atoms with van der Waals surface area (Å²) in [5.74, 6) is -2.03. The van der Waals surface area contributed by atoms with E-state index in [4.69, 9.17) is 21.0 Å². The predicted octanol–water partition coefficient (Wildman–Crippen LogP) is 4.14. The molecule has 6 heteroatoms. The summed E-state index contributed by atoms with van der Waals surface area (Å²) in [6.07, 6.45) is 0. The Bertz CT molecular complexity index is 872. The van der Waals surface area contributed by atoms with Crippen LogP contribution in [0.15, 0.2) is 24.3 Å². The van der Waals surface area contributed by atoms with Gasteiger partial charge >= 0.3 is 0 Å². The summed E-state index contributed by atoms with van der Waals surface area (Å²) >= 11 is 0. The summed E-state index contributed by atoms with van der Waals surface area (Å²) in [7, 11) is 0. The second kappa shape index (κ2) is 8.04. The molecule has 0 aliphatic heterocycles. The van der Waals surface area contributed by atoms with E-state index in [-0.39, 0.29) is 22.3 Å². The highest BCUT2D eigenvalue weighted by Gasteiger charge is 2.19. The van der Waals surface area contributed by atoms with Gasteiger partial charge in [-0.2, -0.15) is 21.0 Å². The second-order valence-corrected chi connectivity index (χ2v) is 4.22. The first-order valence-electron chi connectivity index (χ1n) is 6.83. The minimum Gasteiger partial charge on any atom is -0.205 e. The number of halogens is 2. The van der Waals surface area contributed by atoms with Crippen molar-refractivity contribution in [3.05, 3.63) is 58.2 Å². The van der Waals surface area contributed by atoms with Crippen molar-refractivity contribution in [1.82, 2.24) is 0 Å². The molecule has 2 aromatic rings. The predicted molar refractivity (Wildman–Crippen MR) is 82.0 cm³/mol. The van der Waals surface area contributed by atoms with E-state index >= 15 is 0 Å². The Morgan fingerprint density at radius 1 is 0.625 bits per heavy atom. The van der Waals surface area contributed by atoms with Gasteiger partial charge in [0.1, 0.15) is 23.8 Å². The van der Waals surface area contributed by atoms with Gasteiger partial charge in [-0.05, 0) is 24.3 Å². The fourth-order valence-electron chi connectivity index (χ4n) is 1.93. The van der Waals surface area contributed by atoms with Crippen molar-refractivity contribution in [2.75, 3.05) is 0 Å². The Balaban J connectivity index is 0.00000139. The molecule has 0 bridgehead atoms. The lowest BCUT2D eigenvalue weighted by atomic mass is 9.96. The third kappa shape index (κ3) is 3.36. The van der Waals surface area contributed by atoms with Crippen LogP contribution in [0.2, 0.25) is 0 Å². The second-order valence-electron chi connectivity index (χ2n) is 4.22. The number of rotatable bonds is 1. The molecule has 0 amide bonds. The van der Waals surface area contributed by atoms with E-state index in [2.05, 4.69) is 0 Å². The Kier molecular flexibility index (Phi) is 6.13. The highest BCUT2D eigenvalue weighted by molar-refractivity contribution is 5.72. The molecule has 0 N–H and O–H groups in total. The van der Waals surface area contributed by atoms with Crippen LogP contribution in [0.3, 0.4) is 0 Å². The molecule has 2 aromatic carbocycles. The molecule has 0 atom stereocenters. The lowest BCUT2D eigenvalue weighted by Gasteiger charge is -2.08. The maximum absolute atomic E-state index is 14.3. The molecule has 0 fully saturated rings. The standard InChI is InChI=1S/C16H4F2N4.C2H6/c17-15-11(7-21)1-9(5-19)3-13(15)14-4-10(6-20)2-12(8-22)16(14)18;1-2/h1-4H;1-2H3. The van der Waals surface area contributed by atoms with Crippen LogP contribution in [0.25, 0.3) is 11.1 Å². The molecule has 2 rings (SSSR count). The van der Waals surface area contributed by atoms with Crippen molar-refractivity contribution in [3.63, 3.8) is 0 Å². The summed E-state index contributed by atoms with van der Waals surface area (Å²) in [6, 6.07) is 10.9. The molecule has 0 spiro atoms. The molecule has 0 heterocycles. The van der Waals surface area contributed by atoms with Crippen LogP contribution in [0.4, 0.5) is 8.78 Å². The number of benzene rings is 2. The van der Waals surface area contributed by atoms with Crippen molar-refractivity contribution in [1.29, 1.82) is 21.0 Å². The smallest absolute Gasteiger partial charge is 0.148 e. The van der Waals surface area contributed by atoms with Crippen molar-refractivity contribution in [2.24, 2.45) is 0 Å². The zero-order valence-corrected chi connectivity index (χ0v) is 12.9. The third-order valence-electron chi connectivity index (χ3n) is 2.93. The highest BCUT2D eigenvalue weighted by atomic mass is 19.1. The van der Waals surface area contributed by atoms with Gasteiger partial charge in [-0.1, -0.05) is 13.8 Å². The summed E-state index contributed by atoms with van der Waals surface area (Å²) < 4.78 is 28.5. The molecule has 0 saturated carbocycles. The van der Waals surface area contributed by atoms with E-state index in [9.17, 15) is 8.78 Å². The van der Waals surface area contributed by atoms with Gasteiger partial charge in [-0.15, -0.1) is 0 Å². The topological polar surface area (TPSA) is 95.2 Å². The van der Waals surface area contributed by atoms with Gasteiger partial charge in [0, 0.05) is 11.1 Å². The van der Waals surface area contributed by atoms with E-state index in [0.29, 0.717) is 0 Å². The van der Waals surface area contributed by atoms with Gasteiger partial charge in [0.15, 0.2) is 0 Å². The average molecular weight is 320 g/mol. The molecular formula is C18H10F2N4. The van der Waals surface area contributed by atoms with Crippen molar-refractivity contribution >= 4 is 0 Å². The Hall–Kier alpha value is -3.74. The van der Waals surface area contributed by atoms with Gasteiger partial charge < -0.3 is 0 Å². The highest BCUT2D eigenvalue weighted by Crippen LogP contribution is 2.31. The van der Waals surface area contributed by atoms with Gasteiger partial charge in [0.25, 0.3) is 0 Å². The molecule has 0 saturated heterocycles. The quantitative estimate of drug-likeness (QED) is 0.788. The molecule has 0 aromatic heterocycles. The first kappa shape index (κ1) is 18.3. The van der Waals surface area contributed by atoms with Crippen LogP contribution in [-0.4, -0.2) is 0 Å². The van der Waals surface area contributed by atoms with Crippen LogP contribution >= 0.6 is 0 Å². The Morgan fingerprint density at radius 2 is 0.958 bits per heavy atom. The fraction of sp³-hybridized carbons (Fsp3) is 0.111. The van der Waals surface area contributed by atoms with Crippen molar-refractivity contribution in [2.45, 2.75) is 13.8 Å². The number of nitriles is 4. The van der Waals surface area contributed by atoms with E-state index in [1.165, 1.54) is 0 Å². The first-order valence-corrected chi connectivity index (χ1v) is 6.83.